The molecule has 27 heavy (non-hydrogen) atoms. The Morgan fingerprint density at radius 3 is 2.15 bits per heavy atom. The summed E-state index contributed by atoms with van der Waals surface area (Å²) in [7, 11) is 1.43. The quantitative estimate of drug-likeness (QED) is 0.253. The predicted octanol–water partition coefficient (Wildman–Crippen LogP) is 5.50. The van der Waals surface area contributed by atoms with Crippen LogP contribution in [-0.2, 0) is 16.0 Å². The van der Waals surface area contributed by atoms with Crippen molar-refractivity contribution in [3.63, 3.8) is 0 Å². The lowest BCUT2D eigenvalue weighted by Gasteiger charge is -2.18. The fraction of sp³-hybridized carbons (Fsp3) is 0.682. The molecule has 154 valence electrons. The van der Waals surface area contributed by atoms with Gasteiger partial charge in [-0.3, -0.25) is 4.79 Å². The number of methoxy groups -OCH3 is 1. The molecule has 5 heteroatoms. The van der Waals surface area contributed by atoms with Crippen LogP contribution in [0, 0.1) is 0 Å². The van der Waals surface area contributed by atoms with Gasteiger partial charge in [0.1, 0.15) is 11.9 Å². The fourth-order valence-electron chi connectivity index (χ4n) is 3.33. The van der Waals surface area contributed by atoms with Crippen molar-refractivity contribution in [2.45, 2.75) is 90.6 Å². The molecule has 0 radical (unpaired) electrons. The van der Waals surface area contributed by atoms with Crippen LogP contribution in [0.4, 0.5) is 0 Å². The van der Waals surface area contributed by atoms with Gasteiger partial charge in [0.05, 0.1) is 7.11 Å². The molecule has 0 spiro atoms. The lowest BCUT2D eigenvalue weighted by atomic mass is 10.00. The highest BCUT2D eigenvalue weighted by Crippen LogP contribution is 2.35. The van der Waals surface area contributed by atoms with E-state index in [-0.39, 0.29) is 29.3 Å². The molecule has 1 aromatic rings. The molecule has 1 rings (SSSR count). The van der Waals surface area contributed by atoms with E-state index in [4.69, 9.17) is 9.47 Å². The topological polar surface area (TPSA) is 76.0 Å². The molecule has 5 nitrogen and oxygen atoms in total. The number of phenolic OH excluding ortho intramolecular Hbond substituents is 2. The number of ether oxygens (including phenoxy) is 2. The Bertz CT molecular complexity index is 556. The maximum Gasteiger partial charge on any atom is 0.302 e. The third kappa shape index (κ3) is 9.55. The second kappa shape index (κ2) is 13.3. The van der Waals surface area contributed by atoms with Crippen LogP contribution >= 0.6 is 0 Å². The Hall–Kier alpha value is -1.91. The largest absolute Gasteiger partial charge is 0.508 e. The van der Waals surface area contributed by atoms with E-state index < -0.39 is 0 Å². The molecule has 0 bridgehead atoms. The van der Waals surface area contributed by atoms with Gasteiger partial charge in [0, 0.05) is 25.0 Å². The number of rotatable bonds is 14. The van der Waals surface area contributed by atoms with Gasteiger partial charge in [0.25, 0.3) is 0 Å². The van der Waals surface area contributed by atoms with Crippen molar-refractivity contribution in [3.05, 3.63) is 17.7 Å². The molecule has 0 saturated carbocycles. The number of esters is 1. The van der Waals surface area contributed by atoms with E-state index in [1.165, 1.54) is 71.1 Å². The molecule has 0 heterocycles. The molecule has 2 N–H and O–H groups in total. The van der Waals surface area contributed by atoms with Crippen molar-refractivity contribution in [3.8, 4) is 17.2 Å². The number of unbranched alkanes of at least 4 members (excludes halogenated alkanes) is 8. The van der Waals surface area contributed by atoms with Crippen molar-refractivity contribution < 1.29 is 24.5 Å². The van der Waals surface area contributed by atoms with Crippen molar-refractivity contribution in [2.24, 2.45) is 0 Å². The Kier molecular flexibility index (Phi) is 11.4. The van der Waals surface area contributed by atoms with E-state index in [1.54, 1.807) is 0 Å². The number of benzene rings is 1. The highest BCUT2D eigenvalue weighted by molar-refractivity contribution is 5.66. The molecule has 0 saturated heterocycles. The zero-order valence-electron chi connectivity index (χ0n) is 17.1. The van der Waals surface area contributed by atoms with Gasteiger partial charge in [-0.05, 0) is 18.9 Å². The predicted molar refractivity (Wildman–Crippen MR) is 107 cm³/mol. The van der Waals surface area contributed by atoms with Crippen LogP contribution < -0.4 is 4.74 Å². The maximum absolute atomic E-state index is 11.4. The monoisotopic (exact) mass is 380 g/mol. The van der Waals surface area contributed by atoms with Crippen LogP contribution in [-0.4, -0.2) is 29.4 Å². The summed E-state index contributed by atoms with van der Waals surface area (Å²) >= 11 is 0. The van der Waals surface area contributed by atoms with Gasteiger partial charge in [0.15, 0.2) is 11.5 Å². The molecule has 1 aromatic carbocycles. The Balaban J connectivity index is 2.46. The first-order chi connectivity index (χ1) is 13.0. The van der Waals surface area contributed by atoms with Crippen LogP contribution in [0.1, 0.15) is 83.6 Å². The van der Waals surface area contributed by atoms with Crippen LogP contribution in [0.15, 0.2) is 12.1 Å². The number of carbonyl (C=O) groups excluding carboxylic acids is 1. The summed E-state index contributed by atoms with van der Waals surface area (Å²) < 4.78 is 10.5. The molecule has 1 unspecified atom stereocenters. The highest BCUT2D eigenvalue weighted by atomic mass is 16.5. The minimum atomic E-state index is -0.331. The summed E-state index contributed by atoms with van der Waals surface area (Å²) in [5.74, 6) is -0.110. The number of hydrogen-bond acceptors (Lipinski definition) is 5. The number of carbonyl (C=O) groups is 1. The summed E-state index contributed by atoms with van der Waals surface area (Å²) in [6.07, 6.45) is 11.9. The Morgan fingerprint density at radius 2 is 1.59 bits per heavy atom. The summed E-state index contributed by atoms with van der Waals surface area (Å²) in [4.78, 5) is 11.4. The molecule has 0 aliphatic rings. The second-order valence-corrected chi connectivity index (χ2v) is 7.21. The molecule has 1 atom stereocenters. The molecule has 0 amide bonds. The summed E-state index contributed by atoms with van der Waals surface area (Å²) in [5, 5.41) is 20.0. The third-order valence-corrected chi connectivity index (χ3v) is 4.77. The highest BCUT2D eigenvalue weighted by Gasteiger charge is 2.18. The van der Waals surface area contributed by atoms with Crippen molar-refractivity contribution in [2.75, 3.05) is 7.11 Å². The van der Waals surface area contributed by atoms with Gasteiger partial charge in [-0.1, -0.05) is 58.3 Å². The average Bonchev–Trinajstić information content (AvgIpc) is 2.62. The van der Waals surface area contributed by atoms with E-state index >= 15 is 0 Å². The van der Waals surface area contributed by atoms with Crippen LogP contribution in [0.2, 0.25) is 0 Å². The number of aromatic hydroxyl groups is 2. The molecular formula is C22H36O5. The average molecular weight is 381 g/mol. The standard InChI is InChI=1S/C22H36O5/c1-4-5-6-7-8-9-10-11-12-13-20(27-17(2)23)15-18-14-19(24)16-21(26-3)22(18)25/h14,16,20,24-25H,4-13,15H2,1-3H3. The SMILES string of the molecule is CCCCCCCCCCCC(Cc1cc(O)cc(OC)c1O)OC(C)=O. The van der Waals surface area contributed by atoms with Gasteiger partial charge in [-0.15, -0.1) is 0 Å². The minimum Gasteiger partial charge on any atom is -0.508 e. The van der Waals surface area contributed by atoms with E-state index in [0.717, 1.165) is 19.3 Å². The van der Waals surface area contributed by atoms with E-state index in [2.05, 4.69) is 6.92 Å². The summed E-state index contributed by atoms with van der Waals surface area (Å²) in [5.41, 5.74) is 0.522. The molecule has 0 aliphatic carbocycles. The van der Waals surface area contributed by atoms with Gasteiger partial charge in [0.2, 0.25) is 0 Å². The first kappa shape index (κ1) is 23.1. The minimum absolute atomic E-state index is 0.0143. The van der Waals surface area contributed by atoms with Crippen LogP contribution in [0.3, 0.4) is 0 Å². The lowest BCUT2D eigenvalue weighted by Crippen LogP contribution is -2.19. The van der Waals surface area contributed by atoms with Crippen molar-refractivity contribution in [1.29, 1.82) is 0 Å². The summed E-state index contributed by atoms with van der Waals surface area (Å²) in [6, 6.07) is 2.85. The van der Waals surface area contributed by atoms with Crippen molar-refractivity contribution >= 4 is 5.97 Å². The number of hydrogen-bond donors (Lipinski definition) is 2. The smallest absolute Gasteiger partial charge is 0.302 e. The zero-order valence-corrected chi connectivity index (χ0v) is 17.1. The van der Waals surface area contributed by atoms with Crippen LogP contribution in [0.25, 0.3) is 0 Å². The first-order valence-electron chi connectivity index (χ1n) is 10.2. The van der Waals surface area contributed by atoms with Gasteiger partial charge in [-0.25, -0.2) is 0 Å². The van der Waals surface area contributed by atoms with E-state index in [0.29, 0.717) is 12.0 Å². The maximum atomic E-state index is 11.4. The van der Waals surface area contributed by atoms with Gasteiger partial charge >= 0.3 is 5.97 Å². The molecule has 0 fully saturated rings. The zero-order chi connectivity index (χ0) is 20.1. The Morgan fingerprint density at radius 1 is 1.00 bits per heavy atom. The normalized spacial score (nSPS) is 12.0. The van der Waals surface area contributed by atoms with Gasteiger partial charge < -0.3 is 19.7 Å². The third-order valence-electron chi connectivity index (χ3n) is 4.77. The second-order valence-electron chi connectivity index (χ2n) is 7.21. The molecule has 0 aromatic heterocycles. The fourth-order valence-corrected chi connectivity index (χ4v) is 3.33. The Labute approximate surface area is 163 Å². The lowest BCUT2D eigenvalue weighted by molar-refractivity contribution is -0.146. The van der Waals surface area contributed by atoms with E-state index in [9.17, 15) is 15.0 Å². The summed E-state index contributed by atoms with van der Waals surface area (Å²) in [6.45, 7) is 3.62. The first-order valence-corrected chi connectivity index (χ1v) is 10.2. The van der Waals surface area contributed by atoms with Gasteiger partial charge in [-0.2, -0.15) is 0 Å². The molecule has 0 aliphatic heterocycles. The number of phenols is 2. The van der Waals surface area contributed by atoms with Crippen molar-refractivity contribution in [1.82, 2.24) is 0 Å². The van der Waals surface area contributed by atoms with Crippen LogP contribution in [0.5, 0.6) is 17.2 Å². The molecular weight excluding hydrogens is 344 g/mol. The van der Waals surface area contributed by atoms with E-state index in [1.807, 2.05) is 0 Å².